The Kier molecular flexibility index (Phi) is 2.35. The van der Waals surface area contributed by atoms with Gasteiger partial charge in [0.15, 0.2) is 0 Å². The van der Waals surface area contributed by atoms with Crippen LogP contribution >= 0.6 is 15.9 Å². The number of aromatic nitrogens is 2. The number of aromatic amines is 1. The minimum absolute atomic E-state index is 0.114. The molecule has 1 aliphatic heterocycles. The van der Waals surface area contributed by atoms with Gasteiger partial charge in [0.2, 0.25) is 5.95 Å². The summed E-state index contributed by atoms with van der Waals surface area (Å²) in [7, 11) is 0. The van der Waals surface area contributed by atoms with Gasteiger partial charge in [0.05, 0.1) is 6.20 Å². The maximum atomic E-state index is 11.2. The first-order valence-electron chi connectivity index (χ1n) is 4.27. The second-order valence-electron chi connectivity index (χ2n) is 3.08. The first kappa shape index (κ1) is 8.74. The number of H-pyrrole nitrogens is 1. The summed E-state index contributed by atoms with van der Waals surface area (Å²) < 4.78 is 0.482. The fourth-order valence-corrected chi connectivity index (χ4v) is 1.66. The zero-order valence-electron chi connectivity index (χ0n) is 7.09. The summed E-state index contributed by atoms with van der Waals surface area (Å²) in [5.74, 6) is 0.686. The Morgan fingerprint density at radius 2 is 2.15 bits per heavy atom. The van der Waals surface area contributed by atoms with Crippen molar-refractivity contribution < 1.29 is 0 Å². The predicted octanol–water partition coefficient (Wildman–Crippen LogP) is 1.13. The van der Waals surface area contributed by atoms with Gasteiger partial charge in [-0.3, -0.25) is 9.78 Å². The molecular weight excluding hydrogens is 234 g/mol. The van der Waals surface area contributed by atoms with Gasteiger partial charge in [0.25, 0.3) is 5.56 Å². The molecule has 4 nitrogen and oxygen atoms in total. The van der Waals surface area contributed by atoms with E-state index in [1.807, 2.05) is 0 Å². The van der Waals surface area contributed by atoms with E-state index in [4.69, 9.17) is 0 Å². The van der Waals surface area contributed by atoms with E-state index < -0.39 is 0 Å². The molecule has 1 aromatic rings. The first-order valence-corrected chi connectivity index (χ1v) is 5.06. The van der Waals surface area contributed by atoms with Crippen LogP contribution in [0, 0.1) is 0 Å². The maximum Gasteiger partial charge on any atom is 0.266 e. The lowest BCUT2D eigenvalue weighted by Crippen LogP contribution is -2.23. The summed E-state index contributed by atoms with van der Waals surface area (Å²) in [6, 6.07) is 0. The van der Waals surface area contributed by atoms with Crippen LogP contribution in [0.15, 0.2) is 15.5 Å². The third-order valence-corrected chi connectivity index (χ3v) is 2.71. The molecule has 70 valence electrons. The lowest BCUT2D eigenvalue weighted by atomic mass is 10.4. The molecule has 0 bridgehead atoms. The van der Waals surface area contributed by atoms with Crippen LogP contribution in [-0.4, -0.2) is 23.1 Å². The van der Waals surface area contributed by atoms with Gasteiger partial charge >= 0.3 is 0 Å². The van der Waals surface area contributed by atoms with Gasteiger partial charge < -0.3 is 4.90 Å². The summed E-state index contributed by atoms with van der Waals surface area (Å²) in [6.07, 6.45) is 3.91. The molecule has 5 heteroatoms. The molecule has 0 aromatic carbocycles. The van der Waals surface area contributed by atoms with Crippen LogP contribution in [0.1, 0.15) is 12.8 Å². The number of anilines is 1. The Morgan fingerprint density at radius 3 is 2.77 bits per heavy atom. The van der Waals surface area contributed by atoms with Crippen LogP contribution in [0.4, 0.5) is 5.95 Å². The van der Waals surface area contributed by atoms with Crippen LogP contribution in [0.25, 0.3) is 0 Å². The fraction of sp³-hybridized carbons (Fsp3) is 0.500. The Morgan fingerprint density at radius 1 is 1.46 bits per heavy atom. The smallest absolute Gasteiger partial charge is 0.266 e. The Hall–Kier alpha value is -0.840. The van der Waals surface area contributed by atoms with Crippen molar-refractivity contribution in [2.45, 2.75) is 12.8 Å². The van der Waals surface area contributed by atoms with E-state index in [1.54, 1.807) is 6.20 Å². The van der Waals surface area contributed by atoms with Crippen molar-refractivity contribution in [2.24, 2.45) is 0 Å². The molecule has 2 heterocycles. The van der Waals surface area contributed by atoms with E-state index in [1.165, 1.54) is 12.8 Å². The average Bonchev–Trinajstić information content (AvgIpc) is 2.62. The highest BCUT2D eigenvalue weighted by atomic mass is 79.9. The van der Waals surface area contributed by atoms with Crippen LogP contribution in [0.2, 0.25) is 0 Å². The van der Waals surface area contributed by atoms with Crippen molar-refractivity contribution in [1.82, 2.24) is 9.97 Å². The summed E-state index contributed by atoms with van der Waals surface area (Å²) >= 11 is 3.11. The van der Waals surface area contributed by atoms with Crippen molar-refractivity contribution >= 4 is 21.9 Å². The standard InChI is InChI=1S/C8H10BrN3O/c9-6-5-10-8(11-7(6)13)12-3-1-2-4-12/h5H,1-4H2,(H,10,11,13). The van der Waals surface area contributed by atoms with E-state index >= 15 is 0 Å². The molecule has 0 unspecified atom stereocenters. The van der Waals surface area contributed by atoms with Crippen LogP contribution < -0.4 is 10.5 Å². The predicted molar refractivity (Wildman–Crippen MR) is 54.0 cm³/mol. The number of hydrogen-bond acceptors (Lipinski definition) is 3. The minimum Gasteiger partial charge on any atom is -0.342 e. The second kappa shape index (κ2) is 3.49. The summed E-state index contributed by atoms with van der Waals surface area (Å²) in [5.41, 5.74) is -0.114. The van der Waals surface area contributed by atoms with E-state index in [0.29, 0.717) is 10.4 Å². The molecule has 0 spiro atoms. The lowest BCUT2D eigenvalue weighted by Gasteiger charge is -2.14. The Labute approximate surface area is 84.1 Å². The normalized spacial score (nSPS) is 16.5. The molecule has 2 rings (SSSR count). The van der Waals surface area contributed by atoms with Crippen LogP contribution in [0.3, 0.4) is 0 Å². The molecule has 1 N–H and O–H groups in total. The largest absolute Gasteiger partial charge is 0.342 e. The summed E-state index contributed by atoms with van der Waals surface area (Å²) in [6.45, 7) is 1.98. The average molecular weight is 244 g/mol. The summed E-state index contributed by atoms with van der Waals surface area (Å²) in [5, 5.41) is 0. The number of halogens is 1. The maximum absolute atomic E-state index is 11.2. The van der Waals surface area contributed by atoms with E-state index in [9.17, 15) is 4.79 Å². The Balaban J connectivity index is 2.30. The monoisotopic (exact) mass is 243 g/mol. The van der Waals surface area contributed by atoms with Gasteiger partial charge in [-0.25, -0.2) is 4.98 Å². The van der Waals surface area contributed by atoms with Gasteiger partial charge in [-0.05, 0) is 28.8 Å². The summed E-state index contributed by atoms with van der Waals surface area (Å²) in [4.78, 5) is 20.2. The molecule has 1 saturated heterocycles. The molecular formula is C8H10BrN3O. The molecule has 0 radical (unpaired) electrons. The number of nitrogens with one attached hydrogen (secondary N) is 1. The second-order valence-corrected chi connectivity index (χ2v) is 3.93. The zero-order valence-corrected chi connectivity index (χ0v) is 8.67. The third kappa shape index (κ3) is 1.75. The molecule has 0 aliphatic carbocycles. The highest BCUT2D eigenvalue weighted by Crippen LogP contribution is 2.14. The minimum atomic E-state index is -0.114. The lowest BCUT2D eigenvalue weighted by molar-refractivity contribution is 0.886. The topological polar surface area (TPSA) is 49.0 Å². The number of hydrogen-bond donors (Lipinski definition) is 1. The van der Waals surface area contributed by atoms with Crippen molar-refractivity contribution in [2.75, 3.05) is 18.0 Å². The van der Waals surface area contributed by atoms with Crippen LogP contribution in [-0.2, 0) is 0 Å². The number of nitrogens with zero attached hydrogens (tertiary/aromatic N) is 2. The van der Waals surface area contributed by atoms with Crippen molar-refractivity contribution in [3.8, 4) is 0 Å². The van der Waals surface area contributed by atoms with Gasteiger partial charge in [-0.1, -0.05) is 0 Å². The third-order valence-electron chi connectivity index (χ3n) is 2.15. The molecule has 0 saturated carbocycles. The molecule has 1 aromatic heterocycles. The van der Waals surface area contributed by atoms with Crippen molar-refractivity contribution in [1.29, 1.82) is 0 Å². The molecule has 1 fully saturated rings. The van der Waals surface area contributed by atoms with Gasteiger partial charge in [-0.2, -0.15) is 0 Å². The van der Waals surface area contributed by atoms with Gasteiger partial charge in [0.1, 0.15) is 4.47 Å². The SMILES string of the molecule is O=c1[nH]c(N2CCCC2)ncc1Br. The van der Waals surface area contributed by atoms with Crippen LogP contribution in [0.5, 0.6) is 0 Å². The van der Waals surface area contributed by atoms with Gasteiger partial charge in [-0.15, -0.1) is 0 Å². The van der Waals surface area contributed by atoms with Crippen molar-refractivity contribution in [3.63, 3.8) is 0 Å². The molecule has 13 heavy (non-hydrogen) atoms. The molecule has 1 aliphatic rings. The highest BCUT2D eigenvalue weighted by Gasteiger charge is 2.14. The molecule has 0 amide bonds. The Bertz CT molecular complexity index is 357. The van der Waals surface area contributed by atoms with Crippen molar-refractivity contribution in [3.05, 3.63) is 21.0 Å². The zero-order chi connectivity index (χ0) is 9.26. The van der Waals surface area contributed by atoms with E-state index in [2.05, 4.69) is 30.8 Å². The highest BCUT2D eigenvalue weighted by molar-refractivity contribution is 9.10. The first-order chi connectivity index (χ1) is 6.27. The molecule has 0 atom stereocenters. The quantitative estimate of drug-likeness (QED) is 0.805. The van der Waals surface area contributed by atoms with Gasteiger partial charge in [0, 0.05) is 13.1 Å². The van der Waals surface area contributed by atoms with E-state index in [-0.39, 0.29) is 5.56 Å². The fourth-order valence-electron chi connectivity index (χ4n) is 1.46. The number of rotatable bonds is 1. The van der Waals surface area contributed by atoms with E-state index in [0.717, 1.165) is 13.1 Å².